The minimum atomic E-state index is -0.0376. The van der Waals surface area contributed by atoms with Crippen molar-refractivity contribution in [3.05, 3.63) is 47.8 Å². The van der Waals surface area contributed by atoms with Gasteiger partial charge in [-0.1, -0.05) is 23.9 Å². The molecular weight excluding hydrogens is 310 g/mol. The van der Waals surface area contributed by atoms with Crippen LogP contribution in [0.5, 0.6) is 0 Å². The standard InChI is InChI=1S/C17H21N3O2S/c1-20-8-7-18-17(20)23-12-13-4-2-5-14(10-13)16(21)19-11-15-6-3-9-22-15/h2,4-5,7-8,10,15H,3,6,9,11-12H2,1H3,(H,19,21). The molecule has 1 unspecified atom stereocenters. The number of ether oxygens (including phenoxy) is 1. The van der Waals surface area contributed by atoms with E-state index in [0.29, 0.717) is 12.1 Å². The second-order valence-electron chi connectivity index (χ2n) is 5.65. The Hall–Kier alpha value is -1.79. The Bertz CT molecular complexity index is 665. The zero-order valence-electron chi connectivity index (χ0n) is 13.2. The minimum Gasteiger partial charge on any atom is -0.376 e. The van der Waals surface area contributed by atoms with Crippen LogP contribution in [0.2, 0.25) is 0 Å². The van der Waals surface area contributed by atoms with Crippen molar-refractivity contribution in [2.24, 2.45) is 7.05 Å². The van der Waals surface area contributed by atoms with E-state index in [4.69, 9.17) is 4.74 Å². The molecule has 0 bridgehead atoms. The fraction of sp³-hybridized carbons (Fsp3) is 0.412. The van der Waals surface area contributed by atoms with Gasteiger partial charge >= 0.3 is 0 Å². The van der Waals surface area contributed by atoms with Gasteiger partial charge in [-0.2, -0.15) is 0 Å². The van der Waals surface area contributed by atoms with Crippen LogP contribution in [0.1, 0.15) is 28.8 Å². The van der Waals surface area contributed by atoms with Gasteiger partial charge in [0.05, 0.1) is 6.10 Å². The SMILES string of the molecule is Cn1ccnc1SCc1cccc(C(=O)NCC2CCCO2)c1. The van der Waals surface area contributed by atoms with Crippen LogP contribution >= 0.6 is 11.8 Å². The van der Waals surface area contributed by atoms with E-state index in [1.54, 1.807) is 18.0 Å². The molecule has 1 aliphatic rings. The predicted molar refractivity (Wildman–Crippen MR) is 90.5 cm³/mol. The molecule has 1 saturated heterocycles. The molecule has 1 aliphatic heterocycles. The van der Waals surface area contributed by atoms with Crippen LogP contribution in [0.3, 0.4) is 0 Å². The highest BCUT2D eigenvalue weighted by Crippen LogP contribution is 2.21. The number of rotatable bonds is 6. The number of aryl methyl sites for hydroxylation is 1. The van der Waals surface area contributed by atoms with Crippen LogP contribution < -0.4 is 5.32 Å². The van der Waals surface area contributed by atoms with Crippen LogP contribution in [0.4, 0.5) is 0 Å². The number of thioether (sulfide) groups is 1. The molecule has 1 N–H and O–H groups in total. The third-order valence-electron chi connectivity index (χ3n) is 3.85. The van der Waals surface area contributed by atoms with Gasteiger partial charge in [0.2, 0.25) is 0 Å². The number of imidazole rings is 1. The molecule has 1 fully saturated rings. The predicted octanol–water partition coefficient (Wildman–Crippen LogP) is 2.62. The Kier molecular flexibility index (Phi) is 5.35. The molecule has 23 heavy (non-hydrogen) atoms. The Morgan fingerprint density at radius 3 is 3.17 bits per heavy atom. The van der Waals surface area contributed by atoms with E-state index in [2.05, 4.69) is 10.3 Å². The molecule has 0 aliphatic carbocycles. The fourth-order valence-corrected chi connectivity index (χ4v) is 3.43. The van der Waals surface area contributed by atoms with Gasteiger partial charge in [-0.05, 0) is 30.5 Å². The first-order valence-electron chi connectivity index (χ1n) is 7.81. The van der Waals surface area contributed by atoms with Crippen molar-refractivity contribution in [3.63, 3.8) is 0 Å². The first-order chi connectivity index (χ1) is 11.2. The second-order valence-corrected chi connectivity index (χ2v) is 6.60. The smallest absolute Gasteiger partial charge is 0.251 e. The number of hydrogen-bond donors (Lipinski definition) is 1. The van der Waals surface area contributed by atoms with E-state index < -0.39 is 0 Å². The molecule has 1 amide bonds. The van der Waals surface area contributed by atoms with Crippen molar-refractivity contribution < 1.29 is 9.53 Å². The van der Waals surface area contributed by atoms with Crippen LogP contribution in [-0.2, 0) is 17.5 Å². The van der Waals surface area contributed by atoms with E-state index in [-0.39, 0.29) is 12.0 Å². The molecule has 3 rings (SSSR count). The molecule has 5 nitrogen and oxygen atoms in total. The maximum absolute atomic E-state index is 12.3. The summed E-state index contributed by atoms with van der Waals surface area (Å²) < 4.78 is 7.52. The van der Waals surface area contributed by atoms with Crippen LogP contribution in [0, 0.1) is 0 Å². The number of benzene rings is 1. The van der Waals surface area contributed by atoms with E-state index in [1.807, 2.05) is 42.1 Å². The highest BCUT2D eigenvalue weighted by atomic mass is 32.2. The highest BCUT2D eigenvalue weighted by Gasteiger charge is 2.16. The number of nitrogens with one attached hydrogen (secondary N) is 1. The molecule has 6 heteroatoms. The van der Waals surface area contributed by atoms with Crippen molar-refractivity contribution >= 4 is 17.7 Å². The highest BCUT2D eigenvalue weighted by molar-refractivity contribution is 7.98. The van der Waals surface area contributed by atoms with Crippen LogP contribution in [0.15, 0.2) is 41.8 Å². The molecule has 122 valence electrons. The third kappa shape index (κ3) is 4.36. The molecule has 0 spiro atoms. The average Bonchev–Trinajstić information content (AvgIpc) is 3.22. The Balaban J connectivity index is 1.55. The Morgan fingerprint density at radius 1 is 1.52 bits per heavy atom. The largest absolute Gasteiger partial charge is 0.376 e. The summed E-state index contributed by atoms with van der Waals surface area (Å²) in [5, 5.41) is 3.93. The number of carbonyl (C=O) groups excluding carboxylic acids is 1. The minimum absolute atomic E-state index is 0.0376. The van der Waals surface area contributed by atoms with Crippen LogP contribution in [-0.4, -0.2) is 34.7 Å². The lowest BCUT2D eigenvalue weighted by molar-refractivity contribution is 0.0857. The third-order valence-corrected chi connectivity index (χ3v) is 4.98. The molecule has 1 aromatic heterocycles. The van der Waals surface area contributed by atoms with Crippen molar-refractivity contribution in [2.45, 2.75) is 29.9 Å². The summed E-state index contributed by atoms with van der Waals surface area (Å²) in [6, 6.07) is 7.75. The topological polar surface area (TPSA) is 56.2 Å². The molecule has 0 radical (unpaired) electrons. The Morgan fingerprint density at radius 2 is 2.43 bits per heavy atom. The molecule has 1 aromatic carbocycles. The lowest BCUT2D eigenvalue weighted by Gasteiger charge is -2.11. The van der Waals surface area contributed by atoms with Crippen LogP contribution in [0.25, 0.3) is 0 Å². The van der Waals surface area contributed by atoms with Gasteiger partial charge in [-0.15, -0.1) is 0 Å². The summed E-state index contributed by atoms with van der Waals surface area (Å²) in [5.74, 6) is 0.752. The molecule has 1 atom stereocenters. The van der Waals surface area contributed by atoms with E-state index in [0.717, 1.165) is 35.9 Å². The summed E-state index contributed by atoms with van der Waals surface area (Å²) >= 11 is 1.66. The maximum atomic E-state index is 12.3. The quantitative estimate of drug-likeness (QED) is 0.827. The zero-order valence-corrected chi connectivity index (χ0v) is 14.0. The molecule has 2 heterocycles. The molecule has 0 saturated carbocycles. The monoisotopic (exact) mass is 331 g/mol. The summed E-state index contributed by atoms with van der Waals surface area (Å²) in [4.78, 5) is 16.5. The van der Waals surface area contributed by atoms with E-state index in [1.165, 1.54) is 0 Å². The van der Waals surface area contributed by atoms with E-state index in [9.17, 15) is 4.79 Å². The van der Waals surface area contributed by atoms with E-state index >= 15 is 0 Å². The number of aromatic nitrogens is 2. The van der Waals surface area contributed by atoms with Crippen molar-refractivity contribution in [2.75, 3.05) is 13.2 Å². The normalized spacial score (nSPS) is 17.3. The first-order valence-corrected chi connectivity index (χ1v) is 8.80. The van der Waals surface area contributed by atoms with Gasteiger partial charge in [0.1, 0.15) is 0 Å². The number of carbonyl (C=O) groups is 1. The van der Waals surface area contributed by atoms with Crippen molar-refractivity contribution in [1.29, 1.82) is 0 Å². The molecule has 2 aromatic rings. The van der Waals surface area contributed by atoms with Crippen molar-refractivity contribution in [1.82, 2.24) is 14.9 Å². The van der Waals surface area contributed by atoms with Gasteiger partial charge in [-0.3, -0.25) is 4.79 Å². The maximum Gasteiger partial charge on any atom is 0.251 e. The number of amides is 1. The lowest BCUT2D eigenvalue weighted by atomic mass is 10.1. The summed E-state index contributed by atoms with van der Waals surface area (Å²) in [5.41, 5.74) is 1.81. The first kappa shape index (κ1) is 16.1. The van der Waals surface area contributed by atoms with Gasteiger partial charge in [0.25, 0.3) is 5.91 Å². The summed E-state index contributed by atoms with van der Waals surface area (Å²) in [7, 11) is 1.98. The zero-order chi connectivity index (χ0) is 16.1. The summed E-state index contributed by atoms with van der Waals surface area (Å²) in [6.45, 7) is 1.39. The van der Waals surface area contributed by atoms with Gasteiger partial charge < -0.3 is 14.6 Å². The second kappa shape index (κ2) is 7.66. The fourth-order valence-electron chi connectivity index (χ4n) is 2.56. The molecular formula is C17H21N3O2S. The van der Waals surface area contributed by atoms with Gasteiger partial charge in [-0.25, -0.2) is 4.98 Å². The summed E-state index contributed by atoms with van der Waals surface area (Å²) in [6.07, 6.45) is 6.00. The lowest BCUT2D eigenvalue weighted by Crippen LogP contribution is -2.31. The average molecular weight is 331 g/mol. The van der Waals surface area contributed by atoms with Gasteiger partial charge in [0, 0.05) is 43.9 Å². The Labute approximate surface area is 140 Å². The number of nitrogens with zero attached hydrogens (tertiary/aromatic N) is 2. The number of hydrogen-bond acceptors (Lipinski definition) is 4. The van der Waals surface area contributed by atoms with Gasteiger partial charge in [0.15, 0.2) is 5.16 Å². The van der Waals surface area contributed by atoms with Crippen molar-refractivity contribution in [3.8, 4) is 0 Å².